The molecule has 0 radical (unpaired) electrons. The van der Waals surface area contributed by atoms with Gasteiger partial charge in [-0.3, -0.25) is 9.59 Å². The average molecular weight is 358 g/mol. The molecule has 0 aliphatic heterocycles. The van der Waals surface area contributed by atoms with Gasteiger partial charge in [-0.15, -0.1) is 0 Å². The summed E-state index contributed by atoms with van der Waals surface area (Å²) in [6, 6.07) is 5.95. The van der Waals surface area contributed by atoms with E-state index >= 15 is 0 Å². The molecule has 21 heavy (non-hydrogen) atoms. The molecule has 0 aromatic heterocycles. The number of ether oxygens (including phenoxy) is 1. The fraction of sp³-hybridized carbons (Fsp3) is 0.467. The van der Waals surface area contributed by atoms with Gasteiger partial charge in [-0.1, -0.05) is 19.9 Å². The van der Waals surface area contributed by atoms with Crippen molar-refractivity contribution in [2.24, 2.45) is 0 Å². The molecular formula is C15H20BrNO4. The zero-order valence-corrected chi connectivity index (χ0v) is 13.8. The van der Waals surface area contributed by atoms with Gasteiger partial charge in [0.15, 0.2) is 0 Å². The number of hydrogen-bond donors (Lipinski definition) is 2. The summed E-state index contributed by atoms with van der Waals surface area (Å²) < 4.78 is 6.50. The van der Waals surface area contributed by atoms with E-state index in [0.717, 1.165) is 10.2 Å². The lowest BCUT2D eigenvalue weighted by atomic mass is 10.0. The third-order valence-corrected chi connectivity index (χ3v) is 3.48. The van der Waals surface area contributed by atoms with Gasteiger partial charge in [-0.05, 0) is 46.0 Å². The van der Waals surface area contributed by atoms with Crippen molar-refractivity contribution < 1.29 is 19.4 Å². The Labute approximate surface area is 132 Å². The van der Waals surface area contributed by atoms with E-state index in [9.17, 15) is 9.59 Å². The summed E-state index contributed by atoms with van der Waals surface area (Å²) in [6.07, 6.45) is 0.777. The van der Waals surface area contributed by atoms with Crippen LogP contribution < -0.4 is 10.1 Å². The minimum absolute atomic E-state index is 0.245. The summed E-state index contributed by atoms with van der Waals surface area (Å²) in [4.78, 5) is 21.6. The molecule has 5 nitrogen and oxygen atoms in total. The predicted octanol–water partition coefficient (Wildman–Crippen LogP) is 2.93. The van der Waals surface area contributed by atoms with Crippen LogP contribution in [-0.4, -0.2) is 30.1 Å². The number of carbonyl (C=O) groups is 2. The molecule has 1 rings (SSSR count). The van der Waals surface area contributed by atoms with E-state index in [1.165, 1.54) is 5.56 Å². The smallest absolute Gasteiger partial charge is 0.322 e. The van der Waals surface area contributed by atoms with Gasteiger partial charge in [-0.25, -0.2) is 0 Å². The minimum Gasteiger partial charge on any atom is -0.492 e. The van der Waals surface area contributed by atoms with Crippen molar-refractivity contribution in [3.63, 3.8) is 0 Å². The lowest BCUT2D eigenvalue weighted by Gasteiger charge is -2.11. The molecule has 1 aromatic rings. The Kier molecular flexibility index (Phi) is 7.22. The van der Waals surface area contributed by atoms with Crippen LogP contribution in [0.3, 0.4) is 0 Å². The minimum atomic E-state index is -1.05. The van der Waals surface area contributed by atoms with Crippen molar-refractivity contribution in [2.45, 2.75) is 32.6 Å². The monoisotopic (exact) mass is 357 g/mol. The number of carboxylic acids is 1. The van der Waals surface area contributed by atoms with Crippen molar-refractivity contribution in [2.75, 3.05) is 13.2 Å². The third-order valence-electron chi connectivity index (χ3n) is 2.87. The van der Waals surface area contributed by atoms with Crippen LogP contribution in [0.4, 0.5) is 0 Å². The molecule has 0 spiro atoms. The molecular weight excluding hydrogens is 338 g/mol. The third kappa shape index (κ3) is 6.62. The first-order valence-electron chi connectivity index (χ1n) is 6.81. The molecule has 1 aromatic carbocycles. The fourth-order valence-corrected chi connectivity index (χ4v) is 2.18. The van der Waals surface area contributed by atoms with Crippen molar-refractivity contribution >= 4 is 27.8 Å². The number of nitrogens with one attached hydrogen (secondary N) is 1. The zero-order chi connectivity index (χ0) is 15.8. The molecule has 0 unspecified atom stereocenters. The standard InChI is InChI=1S/C15H20BrNO4/c1-10(2)11-5-6-13(12(16)8-11)21-7-3-4-14(18)17-9-15(19)20/h5-6,8,10H,3-4,7,9H2,1-2H3,(H,17,18)(H,19,20). The Hall–Kier alpha value is -1.56. The summed E-state index contributed by atoms with van der Waals surface area (Å²) in [7, 11) is 0. The van der Waals surface area contributed by atoms with Crippen molar-refractivity contribution in [3.8, 4) is 5.75 Å². The molecule has 0 aliphatic carbocycles. The van der Waals surface area contributed by atoms with Crippen LogP contribution in [0.15, 0.2) is 22.7 Å². The highest BCUT2D eigenvalue weighted by molar-refractivity contribution is 9.10. The predicted molar refractivity (Wildman–Crippen MR) is 83.6 cm³/mol. The van der Waals surface area contributed by atoms with E-state index in [2.05, 4.69) is 35.1 Å². The van der Waals surface area contributed by atoms with Crippen LogP contribution in [-0.2, 0) is 9.59 Å². The number of halogens is 1. The first-order valence-corrected chi connectivity index (χ1v) is 7.60. The maximum absolute atomic E-state index is 11.3. The number of carbonyl (C=O) groups excluding carboxylic acids is 1. The first-order chi connectivity index (χ1) is 9.90. The lowest BCUT2D eigenvalue weighted by molar-refractivity contribution is -0.137. The summed E-state index contributed by atoms with van der Waals surface area (Å²) in [5.74, 6) is -0.136. The molecule has 0 aliphatic rings. The van der Waals surface area contributed by atoms with Crippen molar-refractivity contribution in [1.29, 1.82) is 0 Å². The van der Waals surface area contributed by atoms with E-state index in [0.29, 0.717) is 18.9 Å². The maximum atomic E-state index is 11.3. The van der Waals surface area contributed by atoms with Crippen LogP contribution in [0.1, 0.15) is 38.2 Å². The number of hydrogen-bond acceptors (Lipinski definition) is 3. The lowest BCUT2D eigenvalue weighted by Crippen LogP contribution is -2.29. The molecule has 0 atom stereocenters. The Balaban J connectivity index is 2.33. The van der Waals surface area contributed by atoms with Crippen LogP contribution in [0.25, 0.3) is 0 Å². The van der Waals surface area contributed by atoms with E-state index < -0.39 is 5.97 Å². The topological polar surface area (TPSA) is 75.6 Å². The van der Waals surface area contributed by atoms with Gasteiger partial charge >= 0.3 is 5.97 Å². The normalized spacial score (nSPS) is 10.5. The van der Waals surface area contributed by atoms with E-state index in [-0.39, 0.29) is 18.9 Å². The van der Waals surface area contributed by atoms with Gasteiger partial charge in [-0.2, -0.15) is 0 Å². The van der Waals surface area contributed by atoms with Gasteiger partial charge in [0.2, 0.25) is 5.91 Å². The molecule has 6 heteroatoms. The molecule has 0 bridgehead atoms. The summed E-state index contributed by atoms with van der Waals surface area (Å²) in [5.41, 5.74) is 1.22. The second kappa shape index (κ2) is 8.67. The number of rotatable bonds is 8. The highest BCUT2D eigenvalue weighted by Crippen LogP contribution is 2.28. The number of amides is 1. The second-order valence-corrected chi connectivity index (χ2v) is 5.82. The first kappa shape index (κ1) is 17.5. The zero-order valence-electron chi connectivity index (χ0n) is 12.2. The molecule has 0 heterocycles. The highest BCUT2D eigenvalue weighted by Gasteiger charge is 2.07. The quantitative estimate of drug-likeness (QED) is 0.701. The van der Waals surface area contributed by atoms with Crippen LogP contribution in [0.2, 0.25) is 0 Å². The summed E-state index contributed by atoms with van der Waals surface area (Å²) >= 11 is 3.47. The molecule has 2 N–H and O–H groups in total. The molecule has 0 saturated heterocycles. The summed E-state index contributed by atoms with van der Waals surface area (Å²) in [6.45, 7) is 4.30. The van der Waals surface area contributed by atoms with E-state index in [1.54, 1.807) is 0 Å². The molecule has 116 valence electrons. The van der Waals surface area contributed by atoms with Gasteiger partial charge < -0.3 is 15.2 Å². The van der Waals surface area contributed by atoms with E-state index in [4.69, 9.17) is 9.84 Å². The average Bonchev–Trinajstić information content (AvgIpc) is 2.42. The highest BCUT2D eigenvalue weighted by atomic mass is 79.9. The Morgan fingerprint density at radius 2 is 2.10 bits per heavy atom. The Morgan fingerprint density at radius 3 is 2.67 bits per heavy atom. The Bertz CT molecular complexity index is 502. The number of carboxylic acid groups (broad SMARTS) is 1. The fourth-order valence-electron chi connectivity index (χ4n) is 1.67. The van der Waals surface area contributed by atoms with Gasteiger partial charge in [0, 0.05) is 6.42 Å². The van der Waals surface area contributed by atoms with Crippen LogP contribution >= 0.6 is 15.9 Å². The molecule has 0 fully saturated rings. The SMILES string of the molecule is CC(C)c1ccc(OCCCC(=O)NCC(=O)O)c(Br)c1. The van der Waals surface area contributed by atoms with Gasteiger partial charge in [0.05, 0.1) is 11.1 Å². The van der Waals surface area contributed by atoms with Crippen LogP contribution in [0, 0.1) is 0 Å². The second-order valence-electron chi connectivity index (χ2n) is 4.97. The van der Waals surface area contributed by atoms with Crippen molar-refractivity contribution in [3.05, 3.63) is 28.2 Å². The largest absolute Gasteiger partial charge is 0.492 e. The van der Waals surface area contributed by atoms with Gasteiger partial charge in [0.25, 0.3) is 0 Å². The maximum Gasteiger partial charge on any atom is 0.322 e. The number of benzene rings is 1. The van der Waals surface area contributed by atoms with Crippen molar-refractivity contribution in [1.82, 2.24) is 5.32 Å². The van der Waals surface area contributed by atoms with Gasteiger partial charge in [0.1, 0.15) is 12.3 Å². The molecule has 0 saturated carbocycles. The number of aliphatic carboxylic acids is 1. The Morgan fingerprint density at radius 1 is 1.38 bits per heavy atom. The van der Waals surface area contributed by atoms with Crippen LogP contribution in [0.5, 0.6) is 5.75 Å². The summed E-state index contributed by atoms with van der Waals surface area (Å²) in [5, 5.41) is 10.7. The van der Waals surface area contributed by atoms with E-state index in [1.807, 2.05) is 18.2 Å². The molecule has 1 amide bonds.